The fourth-order valence-electron chi connectivity index (χ4n) is 1.05. The smallest absolute Gasteiger partial charge is 0.131 e. The summed E-state index contributed by atoms with van der Waals surface area (Å²) in [5.74, 6) is 5.65. The molecule has 0 bridgehead atoms. The molecule has 0 saturated carbocycles. The Kier molecular flexibility index (Phi) is 4.46. The molecule has 0 fully saturated rings. The van der Waals surface area contributed by atoms with E-state index in [2.05, 4.69) is 11.8 Å². The van der Waals surface area contributed by atoms with Gasteiger partial charge in [0.2, 0.25) is 0 Å². The third-order valence-electron chi connectivity index (χ3n) is 1.68. The van der Waals surface area contributed by atoms with Crippen molar-refractivity contribution in [1.82, 2.24) is 0 Å². The lowest BCUT2D eigenvalue weighted by Crippen LogP contribution is -1.86. The third-order valence-corrected chi connectivity index (χ3v) is 1.68. The third kappa shape index (κ3) is 3.42. The van der Waals surface area contributed by atoms with Gasteiger partial charge in [-0.15, -0.1) is 0 Å². The summed E-state index contributed by atoms with van der Waals surface area (Å²) in [7, 11) is 1.66. The number of hydrogen-bond acceptors (Lipinski definition) is 2. The molecule has 0 aliphatic heterocycles. The molecular formula is C12H12O2. The second-order valence-electron chi connectivity index (χ2n) is 2.80. The molecule has 2 heteroatoms. The summed E-state index contributed by atoms with van der Waals surface area (Å²) in [6.07, 6.45) is 1.09. The van der Waals surface area contributed by atoms with Crippen LogP contribution < -0.4 is 0 Å². The number of methoxy groups -OCH3 is 1. The molecule has 72 valence electrons. The molecule has 0 radical (unpaired) electrons. The van der Waals surface area contributed by atoms with Gasteiger partial charge in [0, 0.05) is 12.7 Å². The maximum absolute atomic E-state index is 10.0. The van der Waals surface area contributed by atoms with Crippen molar-refractivity contribution in [3.63, 3.8) is 0 Å². The zero-order valence-electron chi connectivity index (χ0n) is 8.12. The Labute approximate surface area is 83.9 Å². The first-order valence-electron chi connectivity index (χ1n) is 4.37. The second-order valence-corrected chi connectivity index (χ2v) is 2.80. The van der Waals surface area contributed by atoms with Crippen molar-refractivity contribution in [2.24, 2.45) is 0 Å². The van der Waals surface area contributed by atoms with E-state index in [9.17, 15) is 4.79 Å². The van der Waals surface area contributed by atoms with Crippen molar-refractivity contribution in [1.29, 1.82) is 0 Å². The Morgan fingerprint density at radius 3 is 2.64 bits per heavy atom. The highest BCUT2D eigenvalue weighted by atomic mass is 16.5. The standard InChI is InChI=1S/C12H12O2/c1-14-10-12-7-5-11(6-8-12)4-2-3-9-13/h5-9H,3,10H2,1H3. The van der Waals surface area contributed by atoms with Gasteiger partial charge < -0.3 is 9.53 Å². The molecule has 1 aromatic rings. The molecule has 0 aliphatic carbocycles. The molecule has 0 aliphatic rings. The molecule has 1 rings (SSSR count). The van der Waals surface area contributed by atoms with Crippen LogP contribution in [0.15, 0.2) is 24.3 Å². The molecule has 0 saturated heterocycles. The average Bonchev–Trinajstić information content (AvgIpc) is 2.21. The Morgan fingerprint density at radius 2 is 2.07 bits per heavy atom. The minimum absolute atomic E-state index is 0.291. The summed E-state index contributed by atoms with van der Waals surface area (Å²) in [4.78, 5) is 10.0. The van der Waals surface area contributed by atoms with Crippen LogP contribution >= 0.6 is 0 Å². The van der Waals surface area contributed by atoms with E-state index < -0.39 is 0 Å². The Balaban J connectivity index is 2.64. The maximum atomic E-state index is 10.0. The zero-order chi connectivity index (χ0) is 10.2. The molecule has 0 aromatic heterocycles. The van der Waals surface area contributed by atoms with E-state index >= 15 is 0 Å². The topological polar surface area (TPSA) is 26.3 Å². The van der Waals surface area contributed by atoms with Crippen LogP contribution in [0.2, 0.25) is 0 Å². The Bertz CT molecular complexity index is 341. The van der Waals surface area contributed by atoms with Gasteiger partial charge in [-0.2, -0.15) is 0 Å². The van der Waals surface area contributed by atoms with Crippen molar-refractivity contribution < 1.29 is 9.53 Å². The van der Waals surface area contributed by atoms with E-state index in [1.54, 1.807) is 7.11 Å². The van der Waals surface area contributed by atoms with Crippen LogP contribution in [-0.4, -0.2) is 13.4 Å². The number of rotatable bonds is 3. The fourth-order valence-corrected chi connectivity index (χ4v) is 1.05. The fraction of sp³-hybridized carbons (Fsp3) is 0.250. The first-order valence-corrected chi connectivity index (χ1v) is 4.37. The first kappa shape index (κ1) is 10.5. The van der Waals surface area contributed by atoms with Crippen molar-refractivity contribution >= 4 is 6.29 Å². The van der Waals surface area contributed by atoms with E-state index in [-0.39, 0.29) is 0 Å². The lowest BCUT2D eigenvalue weighted by molar-refractivity contribution is -0.107. The van der Waals surface area contributed by atoms with Gasteiger partial charge >= 0.3 is 0 Å². The molecule has 0 atom stereocenters. The summed E-state index contributed by atoms with van der Waals surface area (Å²) >= 11 is 0. The summed E-state index contributed by atoms with van der Waals surface area (Å²) < 4.78 is 4.98. The van der Waals surface area contributed by atoms with E-state index in [4.69, 9.17) is 4.74 Å². The predicted molar refractivity (Wildman–Crippen MR) is 54.7 cm³/mol. The molecule has 0 amide bonds. The normalized spacial score (nSPS) is 8.93. The van der Waals surface area contributed by atoms with Crippen LogP contribution in [0, 0.1) is 11.8 Å². The highest BCUT2D eigenvalue weighted by Gasteiger charge is 1.90. The van der Waals surface area contributed by atoms with E-state index in [1.165, 1.54) is 0 Å². The monoisotopic (exact) mass is 188 g/mol. The van der Waals surface area contributed by atoms with Crippen LogP contribution in [0.1, 0.15) is 17.5 Å². The van der Waals surface area contributed by atoms with E-state index in [0.29, 0.717) is 13.0 Å². The van der Waals surface area contributed by atoms with Crippen LogP contribution in [0.25, 0.3) is 0 Å². The number of hydrogen-bond donors (Lipinski definition) is 0. The van der Waals surface area contributed by atoms with Gasteiger partial charge in [-0.3, -0.25) is 0 Å². The van der Waals surface area contributed by atoms with Crippen LogP contribution in [0.4, 0.5) is 0 Å². The predicted octanol–water partition coefficient (Wildman–Crippen LogP) is 1.77. The van der Waals surface area contributed by atoms with Gasteiger partial charge in [-0.1, -0.05) is 24.0 Å². The van der Waals surface area contributed by atoms with Gasteiger partial charge in [0.15, 0.2) is 0 Å². The quantitative estimate of drug-likeness (QED) is 0.534. The summed E-state index contributed by atoms with van der Waals surface area (Å²) in [5, 5.41) is 0. The minimum Gasteiger partial charge on any atom is -0.380 e. The van der Waals surface area contributed by atoms with Gasteiger partial charge in [-0.05, 0) is 17.7 Å². The minimum atomic E-state index is 0.291. The first-order chi connectivity index (χ1) is 6.86. The van der Waals surface area contributed by atoms with Crippen molar-refractivity contribution in [2.45, 2.75) is 13.0 Å². The van der Waals surface area contributed by atoms with Crippen LogP contribution in [0.3, 0.4) is 0 Å². The maximum Gasteiger partial charge on any atom is 0.131 e. The van der Waals surface area contributed by atoms with Crippen molar-refractivity contribution in [3.8, 4) is 11.8 Å². The molecular weight excluding hydrogens is 176 g/mol. The second kappa shape index (κ2) is 5.95. The summed E-state index contributed by atoms with van der Waals surface area (Å²) in [6, 6.07) is 7.78. The highest BCUT2D eigenvalue weighted by Crippen LogP contribution is 2.03. The lowest BCUT2D eigenvalue weighted by atomic mass is 10.1. The number of aldehydes is 1. The Hall–Kier alpha value is -1.59. The van der Waals surface area contributed by atoms with Crippen molar-refractivity contribution in [3.05, 3.63) is 35.4 Å². The largest absolute Gasteiger partial charge is 0.380 e. The number of carbonyl (C=O) groups excluding carboxylic acids is 1. The zero-order valence-corrected chi connectivity index (χ0v) is 8.12. The van der Waals surface area contributed by atoms with Gasteiger partial charge in [-0.25, -0.2) is 0 Å². The van der Waals surface area contributed by atoms with Gasteiger partial charge in [0.05, 0.1) is 13.0 Å². The summed E-state index contributed by atoms with van der Waals surface area (Å²) in [5.41, 5.74) is 2.04. The number of ether oxygens (including phenoxy) is 1. The van der Waals surface area contributed by atoms with Crippen LogP contribution in [0.5, 0.6) is 0 Å². The van der Waals surface area contributed by atoms with E-state index in [1.807, 2.05) is 24.3 Å². The molecule has 0 heterocycles. The molecule has 1 aromatic carbocycles. The molecule has 0 unspecified atom stereocenters. The van der Waals surface area contributed by atoms with E-state index in [0.717, 1.165) is 17.4 Å². The van der Waals surface area contributed by atoms with Gasteiger partial charge in [0.25, 0.3) is 0 Å². The Morgan fingerprint density at radius 1 is 1.36 bits per heavy atom. The lowest BCUT2D eigenvalue weighted by Gasteiger charge is -1.98. The molecule has 2 nitrogen and oxygen atoms in total. The SMILES string of the molecule is COCc1ccc(C#CCC=O)cc1. The summed E-state index contributed by atoms with van der Waals surface area (Å²) in [6.45, 7) is 0.613. The molecule has 0 spiro atoms. The number of carbonyl (C=O) groups is 1. The average molecular weight is 188 g/mol. The molecule has 14 heavy (non-hydrogen) atoms. The van der Waals surface area contributed by atoms with Crippen LogP contribution in [-0.2, 0) is 16.1 Å². The van der Waals surface area contributed by atoms with Crippen molar-refractivity contribution in [2.75, 3.05) is 7.11 Å². The van der Waals surface area contributed by atoms with Gasteiger partial charge in [0.1, 0.15) is 6.29 Å². The highest BCUT2D eigenvalue weighted by molar-refractivity contribution is 5.54. The molecule has 0 N–H and O–H groups in total. The number of benzene rings is 1.